The van der Waals surface area contributed by atoms with Gasteiger partial charge in [-0.25, -0.2) is 9.37 Å². The molecule has 1 aromatic heterocycles. The average molecular weight is 269 g/mol. The van der Waals surface area contributed by atoms with Crippen molar-refractivity contribution in [2.75, 3.05) is 37.8 Å². The highest BCUT2D eigenvalue weighted by Crippen LogP contribution is 2.11. The molecule has 6 nitrogen and oxygen atoms in total. The summed E-state index contributed by atoms with van der Waals surface area (Å²) in [5.41, 5.74) is 0. The molecule has 0 saturated heterocycles. The standard InChI is InChI=1S/C12H20FN5O/c1-4-6-15-12-16-8-9(13)11(17-12)14-7-5-10(19)18(2)3/h8H,4-7H2,1-3H3,(H2,14,15,16,17). The minimum absolute atomic E-state index is 0.0219. The van der Waals surface area contributed by atoms with Crippen molar-refractivity contribution in [3.8, 4) is 0 Å². The Hall–Kier alpha value is -1.92. The van der Waals surface area contributed by atoms with Crippen LogP contribution in [0.5, 0.6) is 0 Å². The second-order valence-electron chi connectivity index (χ2n) is 4.28. The fraction of sp³-hybridized carbons (Fsp3) is 0.583. The molecule has 0 aliphatic rings. The van der Waals surface area contributed by atoms with E-state index in [1.165, 1.54) is 4.90 Å². The number of halogens is 1. The van der Waals surface area contributed by atoms with Crippen LogP contribution >= 0.6 is 0 Å². The normalized spacial score (nSPS) is 10.1. The molecule has 7 heteroatoms. The summed E-state index contributed by atoms with van der Waals surface area (Å²) in [6, 6.07) is 0. The molecule has 0 aromatic carbocycles. The van der Waals surface area contributed by atoms with Gasteiger partial charge in [0.1, 0.15) is 0 Å². The Morgan fingerprint density at radius 3 is 2.74 bits per heavy atom. The Morgan fingerprint density at radius 2 is 2.11 bits per heavy atom. The van der Waals surface area contributed by atoms with Crippen molar-refractivity contribution in [2.45, 2.75) is 19.8 Å². The molecule has 0 bridgehead atoms. The van der Waals surface area contributed by atoms with Crippen LogP contribution in [0.15, 0.2) is 6.20 Å². The summed E-state index contributed by atoms with van der Waals surface area (Å²) < 4.78 is 13.5. The Kier molecular flexibility index (Phi) is 5.98. The topological polar surface area (TPSA) is 70.2 Å². The number of nitrogens with one attached hydrogen (secondary N) is 2. The van der Waals surface area contributed by atoms with E-state index in [1.54, 1.807) is 14.1 Å². The van der Waals surface area contributed by atoms with Crippen molar-refractivity contribution in [2.24, 2.45) is 0 Å². The number of carbonyl (C=O) groups is 1. The maximum atomic E-state index is 13.5. The van der Waals surface area contributed by atoms with Gasteiger partial charge in [0.15, 0.2) is 11.6 Å². The molecular weight excluding hydrogens is 249 g/mol. The van der Waals surface area contributed by atoms with Gasteiger partial charge in [-0.05, 0) is 6.42 Å². The zero-order valence-electron chi connectivity index (χ0n) is 11.5. The summed E-state index contributed by atoms with van der Waals surface area (Å²) in [5, 5.41) is 5.78. The summed E-state index contributed by atoms with van der Waals surface area (Å²) in [6.45, 7) is 3.07. The molecule has 19 heavy (non-hydrogen) atoms. The van der Waals surface area contributed by atoms with Crippen LogP contribution < -0.4 is 10.6 Å². The van der Waals surface area contributed by atoms with Crippen LogP contribution in [0.4, 0.5) is 16.2 Å². The lowest BCUT2D eigenvalue weighted by molar-refractivity contribution is -0.128. The average Bonchev–Trinajstić information content (AvgIpc) is 2.39. The summed E-state index contributed by atoms with van der Waals surface area (Å²) in [4.78, 5) is 20.7. The molecule has 0 aliphatic carbocycles. The van der Waals surface area contributed by atoms with Gasteiger partial charge < -0.3 is 15.5 Å². The molecule has 0 spiro atoms. The molecule has 0 atom stereocenters. The number of rotatable bonds is 7. The molecule has 0 aliphatic heterocycles. The largest absolute Gasteiger partial charge is 0.367 e. The van der Waals surface area contributed by atoms with Crippen molar-refractivity contribution in [3.63, 3.8) is 0 Å². The summed E-state index contributed by atoms with van der Waals surface area (Å²) >= 11 is 0. The second-order valence-corrected chi connectivity index (χ2v) is 4.28. The van der Waals surface area contributed by atoms with Crippen molar-refractivity contribution in [1.82, 2.24) is 14.9 Å². The Balaban J connectivity index is 2.54. The number of amides is 1. The van der Waals surface area contributed by atoms with E-state index < -0.39 is 5.82 Å². The van der Waals surface area contributed by atoms with Crippen LogP contribution in [0.25, 0.3) is 0 Å². The van der Waals surface area contributed by atoms with Crippen LogP contribution in [0.1, 0.15) is 19.8 Å². The fourth-order valence-corrected chi connectivity index (χ4v) is 1.32. The Morgan fingerprint density at radius 1 is 1.37 bits per heavy atom. The highest BCUT2D eigenvalue weighted by atomic mass is 19.1. The molecule has 1 aromatic rings. The van der Waals surface area contributed by atoms with E-state index >= 15 is 0 Å². The number of hydrogen-bond donors (Lipinski definition) is 2. The lowest BCUT2D eigenvalue weighted by Crippen LogP contribution is -2.24. The van der Waals surface area contributed by atoms with Crippen LogP contribution in [-0.4, -0.2) is 48.0 Å². The highest BCUT2D eigenvalue weighted by Gasteiger charge is 2.08. The zero-order valence-corrected chi connectivity index (χ0v) is 11.5. The third-order valence-corrected chi connectivity index (χ3v) is 2.41. The van der Waals surface area contributed by atoms with Crippen LogP contribution in [0.3, 0.4) is 0 Å². The molecule has 0 saturated carbocycles. The first-order valence-corrected chi connectivity index (χ1v) is 6.25. The molecule has 106 valence electrons. The molecular formula is C12H20FN5O. The number of anilines is 2. The predicted octanol–water partition coefficient (Wildman–Crippen LogP) is 1.33. The quantitative estimate of drug-likeness (QED) is 0.781. The van der Waals surface area contributed by atoms with Gasteiger partial charge in [0.25, 0.3) is 0 Å². The number of hydrogen-bond acceptors (Lipinski definition) is 5. The third-order valence-electron chi connectivity index (χ3n) is 2.41. The van der Waals surface area contributed by atoms with Crippen molar-refractivity contribution >= 4 is 17.7 Å². The third kappa shape index (κ3) is 5.07. The van der Waals surface area contributed by atoms with E-state index in [-0.39, 0.29) is 18.1 Å². The van der Waals surface area contributed by atoms with Crippen LogP contribution in [0.2, 0.25) is 0 Å². The second kappa shape index (κ2) is 7.50. The summed E-state index contributed by atoms with van der Waals surface area (Å²) in [5.74, 6) is -0.0597. The van der Waals surface area contributed by atoms with E-state index in [2.05, 4.69) is 20.6 Å². The Labute approximate surface area is 112 Å². The van der Waals surface area contributed by atoms with Gasteiger partial charge in [0.2, 0.25) is 11.9 Å². The van der Waals surface area contributed by atoms with E-state index in [0.29, 0.717) is 12.5 Å². The number of nitrogens with zero attached hydrogens (tertiary/aromatic N) is 3. The first-order chi connectivity index (χ1) is 9.04. The fourth-order valence-electron chi connectivity index (χ4n) is 1.32. The van der Waals surface area contributed by atoms with Crippen LogP contribution in [0, 0.1) is 5.82 Å². The monoisotopic (exact) mass is 269 g/mol. The molecule has 0 fully saturated rings. The molecule has 2 N–H and O–H groups in total. The lowest BCUT2D eigenvalue weighted by atomic mass is 10.4. The molecule has 0 unspecified atom stereocenters. The first kappa shape index (κ1) is 15.1. The van der Waals surface area contributed by atoms with Gasteiger partial charge in [0, 0.05) is 33.6 Å². The predicted molar refractivity (Wildman–Crippen MR) is 72.6 cm³/mol. The van der Waals surface area contributed by atoms with E-state index in [1.807, 2.05) is 6.92 Å². The molecule has 1 heterocycles. The zero-order chi connectivity index (χ0) is 14.3. The maximum Gasteiger partial charge on any atom is 0.224 e. The number of aromatic nitrogens is 2. The van der Waals surface area contributed by atoms with Gasteiger partial charge in [0.05, 0.1) is 6.20 Å². The highest BCUT2D eigenvalue weighted by molar-refractivity contribution is 5.76. The SMILES string of the molecule is CCCNc1ncc(F)c(NCCC(=O)N(C)C)n1. The van der Waals surface area contributed by atoms with Gasteiger partial charge >= 0.3 is 0 Å². The molecule has 1 amide bonds. The van der Waals surface area contributed by atoms with E-state index in [4.69, 9.17) is 0 Å². The Bertz CT molecular complexity index is 425. The van der Waals surface area contributed by atoms with Crippen molar-refractivity contribution in [1.29, 1.82) is 0 Å². The minimum Gasteiger partial charge on any atom is -0.367 e. The van der Waals surface area contributed by atoms with Gasteiger partial charge in [-0.3, -0.25) is 4.79 Å². The number of carbonyl (C=O) groups excluding carboxylic acids is 1. The van der Waals surface area contributed by atoms with E-state index in [9.17, 15) is 9.18 Å². The molecule has 0 radical (unpaired) electrons. The van der Waals surface area contributed by atoms with E-state index in [0.717, 1.165) is 19.2 Å². The van der Waals surface area contributed by atoms with Gasteiger partial charge in [-0.2, -0.15) is 4.98 Å². The summed E-state index contributed by atoms with van der Waals surface area (Å²) in [6.07, 6.45) is 2.33. The molecule has 1 rings (SSSR count). The van der Waals surface area contributed by atoms with Gasteiger partial charge in [-0.1, -0.05) is 6.92 Å². The minimum atomic E-state index is -0.528. The van der Waals surface area contributed by atoms with Crippen molar-refractivity contribution in [3.05, 3.63) is 12.0 Å². The van der Waals surface area contributed by atoms with Gasteiger partial charge in [-0.15, -0.1) is 0 Å². The van der Waals surface area contributed by atoms with Crippen molar-refractivity contribution < 1.29 is 9.18 Å². The lowest BCUT2D eigenvalue weighted by Gasteiger charge is -2.11. The maximum absolute atomic E-state index is 13.5. The summed E-state index contributed by atoms with van der Waals surface area (Å²) in [7, 11) is 3.36. The first-order valence-electron chi connectivity index (χ1n) is 6.25. The smallest absolute Gasteiger partial charge is 0.224 e. The van der Waals surface area contributed by atoms with Crippen LogP contribution in [-0.2, 0) is 4.79 Å².